The van der Waals surface area contributed by atoms with E-state index in [4.69, 9.17) is 10.7 Å². The summed E-state index contributed by atoms with van der Waals surface area (Å²) >= 11 is 1.46. The average Bonchev–Trinajstić information content (AvgIpc) is 3.24. The normalized spacial score (nSPS) is 15.4. The Morgan fingerprint density at radius 3 is 2.71 bits per heavy atom. The van der Waals surface area contributed by atoms with Crippen molar-refractivity contribution in [3.63, 3.8) is 0 Å². The van der Waals surface area contributed by atoms with Crippen molar-refractivity contribution in [2.45, 2.75) is 32.3 Å². The third kappa shape index (κ3) is 3.86. The number of thiophene rings is 1. The molecule has 6 nitrogen and oxygen atoms in total. The molecule has 3 aromatic heterocycles. The van der Waals surface area contributed by atoms with E-state index in [-0.39, 0.29) is 0 Å². The number of pyridine rings is 1. The van der Waals surface area contributed by atoms with Crippen LogP contribution in [0.4, 0.5) is 11.6 Å². The predicted octanol–water partition coefficient (Wildman–Crippen LogP) is 4.72. The highest BCUT2D eigenvalue weighted by Crippen LogP contribution is 2.38. The van der Waals surface area contributed by atoms with Crippen LogP contribution in [0, 0.1) is 6.92 Å². The standard InChI is InChI=1S/C24H25N5OS/c1-15-7-5-8-16(13-15)22-27-21(25)18-14-19(31-24(18)28-22)20(30)17-9-6-10-26-23(17)29-11-3-2-4-12-29/h5-10,13-14,20,30H,2-4,11-12H2,1H3,(H2,25,27,28). The van der Waals surface area contributed by atoms with Crippen LogP contribution >= 0.6 is 11.3 Å². The maximum absolute atomic E-state index is 11.3. The molecule has 1 aliphatic heterocycles. The van der Waals surface area contributed by atoms with Gasteiger partial charge in [0, 0.05) is 35.3 Å². The maximum atomic E-state index is 11.3. The summed E-state index contributed by atoms with van der Waals surface area (Å²) in [4.78, 5) is 17.7. The van der Waals surface area contributed by atoms with Crippen LogP contribution in [0.1, 0.15) is 41.4 Å². The largest absolute Gasteiger partial charge is 0.383 e. The van der Waals surface area contributed by atoms with Gasteiger partial charge in [-0.05, 0) is 44.4 Å². The van der Waals surface area contributed by atoms with E-state index >= 15 is 0 Å². The molecule has 1 fully saturated rings. The minimum atomic E-state index is -0.786. The van der Waals surface area contributed by atoms with E-state index in [0.29, 0.717) is 11.6 Å². The molecule has 3 N–H and O–H groups in total. The van der Waals surface area contributed by atoms with E-state index in [0.717, 1.165) is 63.5 Å². The second-order valence-electron chi connectivity index (χ2n) is 8.04. The number of aliphatic hydroxyl groups is 1. The van der Waals surface area contributed by atoms with Crippen molar-refractivity contribution in [1.82, 2.24) is 15.0 Å². The first-order valence-electron chi connectivity index (χ1n) is 10.6. The number of rotatable bonds is 4. The third-order valence-corrected chi connectivity index (χ3v) is 6.84. The average molecular weight is 432 g/mol. The van der Waals surface area contributed by atoms with Crippen LogP contribution in [0.3, 0.4) is 0 Å². The molecule has 0 bridgehead atoms. The lowest BCUT2D eigenvalue weighted by Crippen LogP contribution is -2.31. The molecule has 1 unspecified atom stereocenters. The Morgan fingerprint density at radius 2 is 1.90 bits per heavy atom. The zero-order valence-corrected chi connectivity index (χ0v) is 18.3. The van der Waals surface area contributed by atoms with Gasteiger partial charge in [0.05, 0.1) is 5.39 Å². The number of piperidine rings is 1. The zero-order chi connectivity index (χ0) is 21.4. The summed E-state index contributed by atoms with van der Waals surface area (Å²) in [6.45, 7) is 3.99. The number of aryl methyl sites for hydroxylation is 1. The second kappa shape index (κ2) is 8.24. The lowest BCUT2D eigenvalue weighted by Gasteiger charge is -2.30. The Hall–Kier alpha value is -3.03. The highest BCUT2D eigenvalue weighted by Gasteiger charge is 2.23. The number of fused-ring (bicyclic) bond motifs is 1. The Bertz CT molecular complexity index is 1230. The van der Waals surface area contributed by atoms with Gasteiger partial charge in [-0.3, -0.25) is 0 Å². The fraction of sp³-hybridized carbons (Fsp3) is 0.292. The molecule has 1 atom stereocenters. The van der Waals surface area contributed by atoms with Crippen LogP contribution in [0.5, 0.6) is 0 Å². The Kier molecular flexibility index (Phi) is 5.29. The summed E-state index contributed by atoms with van der Waals surface area (Å²) in [5, 5.41) is 12.0. The first kappa shape index (κ1) is 19.9. The number of nitrogens with zero attached hydrogens (tertiary/aromatic N) is 4. The van der Waals surface area contributed by atoms with Crippen LogP contribution in [-0.2, 0) is 0 Å². The summed E-state index contributed by atoms with van der Waals surface area (Å²) in [7, 11) is 0. The number of aromatic nitrogens is 3. The van der Waals surface area contributed by atoms with Crippen LogP contribution < -0.4 is 10.6 Å². The van der Waals surface area contributed by atoms with Gasteiger partial charge >= 0.3 is 0 Å². The van der Waals surface area contributed by atoms with Gasteiger partial charge in [0.15, 0.2) is 5.82 Å². The third-order valence-electron chi connectivity index (χ3n) is 5.75. The number of aliphatic hydroxyl groups excluding tert-OH is 1. The predicted molar refractivity (Wildman–Crippen MR) is 126 cm³/mol. The number of nitrogen functional groups attached to an aromatic ring is 1. The van der Waals surface area contributed by atoms with Crippen molar-refractivity contribution >= 4 is 33.2 Å². The van der Waals surface area contributed by atoms with Gasteiger partial charge in [-0.1, -0.05) is 29.8 Å². The summed E-state index contributed by atoms with van der Waals surface area (Å²) in [5.74, 6) is 1.90. The van der Waals surface area contributed by atoms with Gasteiger partial charge in [0.1, 0.15) is 22.6 Å². The fourth-order valence-electron chi connectivity index (χ4n) is 4.16. The molecule has 31 heavy (non-hydrogen) atoms. The van der Waals surface area contributed by atoms with Gasteiger partial charge in [0.2, 0.25) is 0 Å². The molecule has 158 valence electrons. The molecule has 1 saturated heterocycles. The van der Waals surface area contributed by atoms with Crippen molar-refractivity contribution in [3.8, 4) is 11.4 Å². The molecule has 4 heterocycles. The molecule has 0 spiro atoms. The fourth-order valence-corrected chi connectivity index (χ4v) is 5.20. The van der Waals surface area contributed by atoms with E-state index in [1.165, 1.54) is 17.8 Å². The topological polar surface area (TPSA) is 88.2 Å². The highest BCUT2D eigenvalue weighted by molar-refractivity contribution is 7.18. The Balaban J connectivity index is 1.53. The highest BCUT2D eigenvalue weighted by atomic mass is 32.1. The summed E-state index contributed by atoms with van der Waals surface area (Å²) in [5.41, 5.74) is 9.18. The van der Waals surface area contributed by atoms with Gasteiger partial charge in [-0.15, -0.1) is 11.3 Å². The second-order valence-corrected chi connectivity index (χ2v) is 9.10. The molecule has 0 amide bonds. The Morgan fingerprint density at radius 1 is 1.06 bits per heavy atom. The van der Waals surface area contributed by atoms with Gasteiger partial charge in [-0.2, -0.15) is 0 Å². The molecule has 1 aliphatic rings. The lowest BCUT2D eigenvalue weighted by atomic mass is 10.1. The van der Waals surface area contributed by atoms with Crippen molar-refractivity contribution < 1.29 is 5.11 Å². The van der Waals surface area contributed by atoms with E-state index in [1.807, 2.05) is 49.4 Å². The molecular weight excluding hydrogens is 406 g/mol. The van der Waals surface area contributed by atoms with Crippen LogP contribution in [-0.4, -0.2) is 33.1 Å². The van der Waals surface area contributed by atoms with Crippen LogP contribution in [0.2, 0.25) is 0 Å². The number of anilines is 2. The molecule has 0 saturated carbocycles. The van der Waals surface area contributed by atoms with E-state index in [1.54, 1.807) is 6.20 Å². The SMILES string of the molecule is Cc1cccc(-c2nc(N)c3cc(C(O)c4cccnc4N4CCCCC4)sc3n2)c1. The van der Waals surface area contributed by atoms with Crippen molar-refractivity contribution in [2.75, 3.05) is 23.7 Å². The molecule has 1 aromatic carbocycles. The maximum Gasteiger partial charge on any atom is 0.163 e. The molecule has 7 heteroatoms. The van der Waals surface area contributed by atoms with E-state index in [9.17, 15) is 5.11 Å². The zero-order valence-electron chi connectivity index (χ0n) is 17.5. The molecule has 0 radical (unpaired) electrons. The Labute approximate surface area is 185 Å². The van der Waals surface area contributed by atoms with Gasteiger partial charge < -0.3 is 15.7 Å². The van der Waals surface area contributed by atoms with Crippen molar-refractivity contribution in [3.05, 3.63) is 64.7 Å². The van der Waals surface area contributed by atoms with Crippen LogP contribution in [0.15, 0.2) is 48.7 Å². The van der Waals surface area contributed by atoms with Gasteiger partial charge in [0.25, 0.3) is 0 Å². The minimum absolute atomic E-state index is 0.429. The summed E-state index contributed by atoms with van der Waals surface area (Å²) in [6.07, 6.45) is 4.57. The minimum Gasteiger partial charge on any atom is -0.383 e. The molecule has 0 aliphatic carbocycles. The number of benzene rings is 1. The summed E-state index contributed by atoms with van der Waals surface area (Å²) in [6, 6.07) is 13.8. The number of hydrogen-bond acceptors (Lipinski definition) is 7. The molecule has 4 aromatic rings. The quantitative estimate of drug-likeness (QED) is 0.486. The van der Waals surface area contributed by atoms with E-state index < -0.39 is 6.10 Å². The smallest absolute Gasteiger partial charge is 0.163 e. The number of hydrogen-bond donors (Lipinski definition) is 2. The van der Waals surface area contributed by atoms with Crippen LogP contribution in [0.25, 0.3) is 21.6 Å². The number of nitrogens with two attached hydrogens (primary N) is 1. The first-order valence-corrected chi connectivity index (χ1v) is 11.4. The van der Waals surface area contributed by atoms with Crippen molar-refractivity contribution in [1.29, 1.82) is 0 Å². The first-order chi connectivity index (χ1) is 15.1. The molecular formula is C24H25N5OS. The van der Waals surface area contributed by atoms with Gasteiger partial charge in [-0.25, -0.2) is 15.0 Å². The molecule has 5 rings (SSSR count). The monoisotopic (exact) mass is 431 g/mol. The van der Waals surface area contributed by atoms with E-state index in [2.05, 4.69) is 14.9 Å². The lowest BCUT2D eigenvalue weighted by molar-refractivity contribution is 0.224. The van der Waals surface area contributed by atoms with Crippen molar-refractivity contribution in [2.24, 2.45) is 0 Å². The summed E-state index contributed by atoms with van der Waals surface area (Å²) < 4.78 is 0.